The second-order valence-corrected chi connectivity index (χ2v) is 11.6. The van der Waals surface area contributed by atoms with E-state index in [1.165, 1.54) is 25.0 Å². The third-order valence-corrected chi connectivity index (χ3v) is 8.60. The molecule has 2 aliphatic rings. The van der Waals surface area contributed by atoms with Gasteiger partial charge >= 0.3 is 11.9 Å². The molecule has 8 heteroatoms. The minimum atomic E-state index is -0.446. The van der Waals surface area contributed by atoms with Crippen LogP contribution in [0, 0.1) is 22.7 Å². The fraction of sp³-hybridized carbons (Fsp3) is 0.529. The summed E-state index contributed by atoms with van der Waals surface area (Å²) in [6.45, 7) is 17.4. The Kier molecular flexibility index (Phi) is 13.0. The largest absolute Gasteiger partial charge is 0.501 e. The lowest BCUT2D eigenvalue weighted by Crippen LogP contribution is -2.36. The van der Waals surface area contributed by atoms with Gasteiger partial charge in [-0.25, -0.2) is 9.59 Å². The Bertz CT molecular complexity index is 940. The molecule has 2 saturated carbocycles. The van der Waals surface area contributed by atoms with Crippen LogP contribution < -0.4 is 0 Å². The van der Waals surface area contributed by atoms with E-state index in [0.29, 0.717) is 50.8 Å². The fourth-order valence-electron chi connectivity index (χ4n) is 5.84. The molecule has 0 unspecified atom stereocenters. The zero-order valence-corrected chi connectivity index (χ0v) is 24.8. The number of carbonyl (C=O) groups excluding carboxylic acids is 2. The number of ether oxygens (including phenoxy) is 6. The van der Waals surface area contributed by atoms with Gasteiger partial charge in [0.15, 0.2) is 0 Å². The highest BCUT2D eigenvalue weighted by atomic mass is 16.5. The normalized spacial score (nSPS) is 18.1. The average Bonchev–Trinajstić information content (AvgIpc) is 3.03. The SMILES string of the molecule is C=COCC1(COC=C)CCC(COC(=O)c2cccc(C(=O)OCC3CCC(COC=C)(COC=C)CC3)c2)CC1. The Balaban J connectivity index is 1.45. The second-order valence-electron chi connectivity index (χ2n) is 11.6. The van der Waals surface area contributed by atoms with E-state index in [4.69, 9.17) is 28.4 Å². The summed E-state index contributed by atoms with van der Waals surface area (Å²) in [6.07, 6.45) is 13.0. The van der Waals surface area contributed by atoms with Crippen molar-refractivity contribution in [3.05, 3.63) is 86.8 Å². The molecule has 42 heavy (non-hydrogen) atoms. The molecule has 0 aliphatic heterocycles. The second kappa shape index (κ2) is 16.7. The number of carbonyl (C=O) groups is 2. The molecule has 0 radical (unpaired) electrons. The van der Waals surface area contributed by atoms with Gasteiger partial charge in [0.1, 0.15) is 0 Å². The zero-order chi connectivity index (χ0) is 30.3. The van der Waals surface area contributed by atoms with E-state index in [1.54, 1.807) is 24.3 Å². The highest BCUT2D eigenvalue weighted by molar-refractivity contribution is 5.95. The van der Waals surface area contributed by atoms with Crippen molar-refractivity contribution in [2.24, 2.45) is 22.7 Å². The van der Waals surface area contributed by atoms with Crippen LogP contribution in [0.3, 0.4) is 0 Å². The Labute approximate surface area is 250 Å². The summed E-state index contributed by atoms with van der Waals surface area (Å²) in [5, 5.41) is 0. The zero-order valence-electron chi connectivity index (χ0n) is 24.8. The molecule has 0 heterocycles. The minimum absolute atomic E-state index is 0.0990. The van der Waals surface area contributed by atoms with E-state index < -0.39 is 11.9 Å². The first kappa shape index (κ1) is 32.8. The average molecular weight is 583 g/mol. The van der Waals surface area contributed by atoms with Crippen molar-refractivity contribution in [3.63, 3.8) is 0 Å². The van der Waals surface area contributed by atoms with Crippen LogP contribution in [0.2, 0.25) is 0 Å². The smallest absolute Gasteiger partial charge is 0.338 e. The van der Waals surface area contributed by atoms with Crippen molar-refractivity contribution in [1.82, 2.24) is 0 Å². The van der Waals surface area contributed by atoms with E-state index in [2.05, 4.69) is 26.3 Å². The van der Waals surface area contributed by atoms with Crippen molar-refractivity contribution < 1.29 is 38.0 Å². The molecule has 1 aromatic carbocycles. The lowest BCUT2D eigenvalue weighted by molar-refractivity contribution is -0.0118. The maximum Gasteiger partial charge on any atom is 0.338 e. The van der Waals surface area contributed by atoms with Crippen molar-refractivity contribution in [1.29, 1.82) is 0 Å². The molecule has 0 amide bonds. The molecule has 0 saturated heterocycles. The predicted molar refractivity (Wildman–Crippen MR) is 160 cm³/mol. The summed E-state index contributed by atoms with van der Waals surface area (Å²) in [7, 11) is 0. The Morgan fingerprint density at radius 3 is 1.29 bits per heavy atom. The van der Waals surface area contributed by atoms with Crippen molar-refractivity contribution in [2.45, 2.75) is 51.4 Å². The van der Waals surface area contributed by atoms with Gasteiger partial charge in [-0.3, -0.25) is 0 Å². The van der Waals surface area contributed by atoms with E-state index in [9.17, 15) is 9.59 Å². The maximum atomic E-state index is 12.8. The maximum absolute atomic E-state index is 12.8. The van der Waals surface area contributed by atoms with Crippen LogP contribution in [0.5, 0.6) is 0 Å². The monoisotopic (exact) mass is 582 g/mol. The number of rotatable bonds is 18. The molecular weight excluding hydrogens is 536 g/mol. The van der Waals surface area contributed by atoms with Crippen LogP contribution in [0.1, 0.15) is 72.1 Å². The van der Waals surface area contributed by atoms with Gasteiger partial charge in [0.05, 0.1) is 75.8 Å². The van der Waals surface area contributed by atoms with Crippen LogP contribution in [0.4, 0.5) is 0 Å². The van der Waals surface area contributed by atoms with Gasteiger partial charge in [0, 0.05) is 10.8 Å². The van der Waals surface area contributed by atoms with E-state index in [0.717, 1.165) is 51.4 Å². The molecule has 3 rings (SSSR count). The number of esters is 2. The molecule has 0 bridgehead atoms. The quantitative estimate of drug-likeness (QED) is 0.135. The molecule has 1 aromatic rings. The van der Waals surface area contributed by atoms with Crippen molar-refractivity contribution in [3.8, 4) is 0 Å². The van der Waals surface area contributed by atoms with E-state index >= 15 is 0 Å². The molecular formula is C34H46O8. The fourth-order valence-corrected chi connectivity index (χ4v) is 5.84. The van der Waals surface area contributed by atoms with Gasteiger partial charge in [-0.05, 0) is 81.4 Å². The topological polar surface area (TPSA) is 89.5 Å². The number of hydrogen-bond acceptors (Lipinski definition) is 8. The van der Waals surface area contributed by atoms with Gasteiger partial charge < -0.3 is 28.4 Å². The van der Waals surface area contributed by atoms with Crippen molar-refractivity contribution >= 4 is 11.9 Å². The summed E-state index contributed by atoms with van der Waals surface area (Å²) in [6, 6.07) is 6.53. The molecule has 0 N–H and O–H groups in total. The number of benzene rings is 1. The van der Waals surface area contributed by atoms with Gasteiger partial charge in [-0.15, -0.1) is 0 Å². The highest BCUT2D eigenvalue weighted by Crippen LogP contribution is 2.41. The summed E-state index contributed by atoms with van der Waals surface area (Å²) >= 11 is 0. The lowest BCUT2D eigenvalue weighted by atomic mass is 9.71. The standard InChI is InChI=1S/C34H46O8/c1-5-37-23-33(24-38-6-2)16-12-27(13-17-33)21-41-31(35)29-10-9-11-30(20-29)32(36)42-22-28-14-18-34(19-15-28,25-39-7-3)26-40-8-4/h5-11,20,27-28H,1-4,12-19,21-26H2. The first-order chi connectivity index (χ1) is 20.4. The Morgan fingerprint density at radius 2 is 0.976 bits per heavy atom. The van der Waals surface area contributed by atoms with E-state index in [1.807, 2.05) is 0 Å². The molecule has 8 nitrogen and oxygen atoms in total. The van der Waals surface area contributed by atoms with E-state index in [-0.39, 0.29) is 22.7 Å². The van der Waals surface area contributed by atoms with Crippen LogP contribution >= 0.6 is 0 Å². The highest BCUT2D eigenvalue weighted by Gasteiger charge is 2.38. The van der Waals surface area contributed by atoms with Crippen LogP contribution in [-0.2, 0) is 28.4 Å². The molecule has 0 aromatic heterocycles. The molecule has 230 valence electrons. The summed E-state index contributed by atoms with van der Waals surface area (Å²) in [4.78, 5) is 25.6. The summed E-state index contributed by atoms with van der Waals surface area (Å²) in [5.74, 6) is -0.385. The summed E-state index contributed by atoms with van der Waals surface area (Å²) in [5.41, 5.74) is 0.469. The van der Waals surface area contributed by atoms with Crippen LogP contribution in [0.25, 0.3) is 0 Å². The number of hydrogen-bond donors (Lipinski definition) is 0. The van der Waals surface area contributed by atoms with Crippen molar-refractivity contribution in [2.75, 3.05) is 39.6 Å². The van der Waals surface area contributed by atoms with Crippen LogP contribution in [-0.4, -0.2) is 51.6 Å². The minimum Gasteiger partial charge on any atom is -0.501 e. The molecule has 2 fully saturated rings. The predicted octanol–water partition coefficient (Wildman–Crippen LogP) is 6.99. The summed E-state index contributed by atoms with van der Waals surface area (Å²) < 4.78 is 33.3. The van der Waals surface area contributed by atoms with Gasteiger partial charge in [-0.2, -0.15) is 0 Å². The lowest BCUT2D eigenvalue weighted by Gasteiger charge is -2.38. The Hall–Kier alpha value is -3.68. The van der Waals surface area contributed by atoms with Crippen LogP contribution in [0.15, 0.2) is 75.6 Å². The third-order valence-electron chi connectivity index (χ3n) is 8.60. The first-order valence-electron chi connectivity index (χ1n) is 14.7. The Morgan fingerprint density at radius 1 is 0.643 bits per heavy atom. The van der Waals surface area contributed by atoms with Gasteiger partial charge in [0.2, 0.25) is 0 Å². The third kappa shape index (κ3) is 9.71. The molecule has 0 atom stereocenters. The van der Waals surface area contributed by atoms with Gasteiger partial charge in [-0.1, -0.05) is 32.4 Å². The first-order valence-corrected chi connectivity index (χ1v) is 14.7. The van der Waals surface area contributed by atoms with Gasteiger partial charge in [0.25, 0.3) is 0 Å². The molecule has 2 aliphatic carbocycles. The molecule has 0 spiro atoms.